The number of carbonyl (C=O) groups is 2. The number of sulfonamides is 1. The van der Waals surface area contributed by atoms with Crippen LogP contribution in [0.5, 0.6) is 11.5 Å². The smallest absolute Gasteiger partial charge is 0.240 e. The van der Waals surface area contributed by atoms with Crippen LogP contribution >= 0.6 is 0 Å². The van der Waals surface area contributed by atoms with Gasteiger partial charge in [-0.05, 0) is 37.1 Å². The second-order valence-electron chi connectivity index (χ2n) is 7.53. The SMILES string of the molecule is COc1cc(NC(=O)CCNS(=O)(=O)c2ccc3c(c2)C[C@H](C)N3C(C)=O)cc(OC)c1. The molecule has 0 unspecified atom stereocenters. The van der Waals surface area contributed by atoms with Crippen molar-refractivity contribution in [1.82, 2.24) is 4.72 Å². The van der Waals surface area contributed by atoms with Gasteiger partial charge in [-0.2, -0.15) is 0 Å². The average molecular weight is 462 g/mol. The number of hydrogen-bond acceptors (Lipinski definition) is 6. The van der Waals surface area contributed by atoms with Crippen molar-refractivity contribution < 1.29 is 27.5 Å². The zero-order valence-corrected chi connectivity index (χ0v) is 19.3. The van der Waals surface area contributed by atoms with E-state index in [2.05, 4.69) is 10.0 Å². The fourth-order valence-corrected chi connectivity index (χ4v) is 4.82. The van der Waals surface area contributed by atoms with Gasteiger partial charge in [-0.3, -0.25) is 9.59 Å². The lowest BCUT2D eigenvalue weighted by Gasteiger charge is -2.20. The van der Waals surface area contributed by atoms with Crippen molar-refractivity contribution >= 4 is 33.2 Å². The van der Waals surface area contributed by atoms with Gasteiger partial charge in [0.15, 0.2) is 0 Å². The molecule has 1 atom stereocenters. The van der Waals surface area contributed by atoms with Crippen molar-refractivity contribution in [3.05, 3.63) is 42.0 Å². The molecule has 0 aliphatic carbocycles. The number of hydrogen-bond donors (Lipinski definition) is 2. The number of amides is 2. The van der Waals surface area contributed by atoms with Gasteiger partial charge in [-0.1, -0.05) is 0 Å². The van der Waals surface area contributed by atoms with Crippen LogP contribution in [0.4, 0.5) is 11.4 Å². The molecule has 9 nitrogen and oxygen atoms in total. The molecule has 1 aliphatic rings. The maximum absolute atomic E-state index is 12.7. The monoisotopic (exact) mass is 461 g/mol. The minimum Gasteiger partial charge on any atom is -0.497 e. The van der Waals surface area contributed by atoms with Crippen LogP contribution in [0.2, 0.25) is 0 Å². The largest absolute Gasteiger partial charge is 0.497 e. The van der Waals surface area contributed by atoms with E-state index in [9.17, 15) is 18.0 Å². The Balaban J connectivity index is 1.61. The zero-order chi connectivity index (χ0) is 23.5. The molecule has 2 aromatic carbocycles. The van der Waals surface area contributed by atoms with Gasteiger partial charge in [0.2, 0.25) is 21.8 Å². The summed E-state index contributed by atoms with van der Waals surface area (Å²) >= 11 is 0. The molecule has 32 heavy (non-hydrogen) atoms. The molecule has 172 valence electrons. The average Bonchev–Trinajstić information content (AvgIpc) is 3.08. The molecule has 10 heteroatoms. The number of rotatable bonds is 8. The molecular formula is C22H27N3O6S. The van der Waals surface area contributed by atoms with Gasteiger partial charge in [0.05, 0.1) is 19.1 Å². The lowest BCUT2D eigenvalue weighted by molar-refractivity contribution is -0.117. The molecule has 0 radical (unpaired) electrons. The normalized spacial score (nSPS) is 15.2. The Hall–Kier alpha value is -3.11. The molecular weight excluding hydrogens is 434 g/mol. The number of nitrogens with zero attached hydrogens (tertiary/aromatic N) is 1. The van der Waals surface area contributed by atoms with Crippen molar-refractivity contribution in [2.45, 2.75) is 37.6 Å². The molecule has 3 rings (SSSR count). The molecule has 0 bridgehead atoms. The van der Waals surface area contributed by atoms with Crippen LogP contribution in [0.1, 0.15) is 25.8 Å². The van der Waals surface area contributed by atoms with E-state index in [-0.39, 0.29) is 35.7 Å². The first-order chi connectivity index (χ1) is 15.1. The second kappa shape index (κ2) is 9.58. The Morgan fingerprint density at radius 3 is 2.34 bits per heavy atom. The highest BCUT2D eigenvalue weighted by atomic mass is 32.2. The summed E-state index contributed by atoms with van der Waals surface area (Å²) < 4.78 is 38.1. The van der Waals surface area contributed by atoms with Gasteiger partial charge in [0, 0.05) is 55.5 Å². The van der Waals surface area contributed by atoms with E-state index in [1.165, 1.54) is 27.2 Å². The van der Waals surface area contributed by atoms with E-state index in [0.717, 1.165) is 11.3 Å². The Morgan fingerprint density at radius 1 is 1.09 bits per heavy atom. The Labute approximate surface area is 187 Å². The van der Waals surface area contributed by atoms with Crippen LogP contribution in [0, 0.1) is 0 Å². The predicted octanol–water partition coefficient (Wildman–Crippen LogP) is 2.31. The third-order valence-electron chi connectivity index (χ3n) is 5.20. The number of fused-ring (bicyclic) bond motifs is 1. The van der Waals surface area contributed by atoms with E-state index in [1.54, 1.807) is 35.2 Å². The highest BCUT2D eigenvalue weighted by molar-refractivity contribution is 7.89. The van der Waals surface area contributed by atoms with Gasteiger partial charge in [-0.15, -0.1) is 0 Å². The molecule has 0 spiro atoms. The summed E-state index contributed by atoms with van der Waals surface area (Å²) in [6.07, 6.45) is 0.531. The lowest BCUT2D eigenvalue weighted by atomic mass is 10.1. The summed E-state index contributed by atoms with van der Waals surface area (Å²) in [5, 5.41) is 2.70. The second-order valence-corrected chi connectivity index (χ2v) is 9.30. The maximum atomic E-state index is 12.7. The summed E-state index contributed by atoms with van der Waals surface area (Å²) in [6.45, 7) is 3.34. The van der Waals surface area contributed by atoms with Gasteiger partial charge < -0.3 is 19.7 Å². The summed E-state index contributed by atoms with van der Waals surface area (Å²) in [5.74, 6) is 0.608. The van der Waals surface area contributed by atoms with Gasteiger partial charge in [-0.25, -0.2) is 13.1 Å². The predicted molar refractivity (Wildman–Crippen MR) is 121 cm³/mol. The van der Waals surface area contributed by atoms with Crippen molar-refractivity contribution in [3.8, 4) is 11.5 Å². The van der Waals surface area contributed by atoms with Gasteiger partial charge in [0.25, 0.3) is 0 Å². The molecule has 0 saturated heterocycles. The summed E-state index contributed by atoms with van der Waals surface area (Å²) in [4.78, 5) is 25.9. The number of nitrogens with one attached hydrogen (secondary N) is 2. The van der Waals surface area contributed by atoms with Crippen molar-refractivity contribution in [1.29, 1.82) is 0 Å². The minimum atomic E-state index is -3.80. The first-order valence-electron chi connectivity index (χ1n) is 10.1. The third-order valence-corrected chi connectivity index (χ3v) is 6.65. The summed E-state index contributed by atoms with van der Waals surface area (Å²) in [5.41, 5.74) is 2.02. The molecule has 2 N–H and O–H groups in total. The Morgan fingerprint density at radius 2 is 1.75 bits per heavy atom. The number of carbonyl (C=O) groups excluding carboxylic acids is 2. The molecule has 2 amide bonds. The van der Waals surface area contributed by atoms with Crippen LogP contribution in [-0.2, 0) is 26.0 Å². The molecule has 1 heterocycles. The van der Waals surface area contributed by atoms with Crippen LogP contribution in [0.15, 0.2) is 41.3 Å². The zero-order valence-electron chi connectivity index (χ0n) is 18.5. The molecule has 0 aromatic heterocycles. The van der Waals surface area contributed by atoms with Crippen LogP contribution in [0.25, 0.3) is 0 Å². The standard InChI is InChI=1S/C22H27N3O6S/c1-14-9-16-10-20(5-6-21(16)25(14)15(2)26)32(28,29)23-8-7-22(27)24-17-11-18(30-3)13-19(12-17)31-4/h5-6,10-14,23H,7-9H2,1-4H3,(H,24,27)/t14-/m0/s1. The Bertz CT molecular complexity index is 1110. The number of benzene rings is 2. The number of anilines is 2. The molecule has 0 saturated carbocycles. The highest BCUT2D eigenvalue weighted by Gasteiger charge is 2.30. The van der Waals surface area contributed by atoms with E-state index < -0.39 is 10.0 Å². The summed E-state index contributed by atoms with van der Waals surface area (Å²) in [6, 6.07) is 9.64. The fourth-order valence-electron chi connectivity index (χ4n) is 3.74. The third kappa shape index (κ3) is 5.20. The van der Waals surface area contributed by atoms with Crippen LogP contribution < -0.4 is 24.4 Å². The van der Waals surface area contributed by atoms with Gasteiger partial charge in [0.1, 0.15) is 11.5 Å². The van der Waals surface area contributed by atoms with E-state index >= 15 is 0 Å². The highest BCUT2D eigenvalue weighted by Crippen LogP contribution is 2.33. The summed E-state index contributed by atoms with van der Waals surface area (Å²) in [7, 11) is -0.788. The van der Waals surface area contributed by atoms with E-state index in [1.807, 2.05) is 6.92 Å². The van der Waals surface area contributed by atoms with Crippen molar-refractivity contribution in [2.24, 2.45) is 0 Å². The first kappa shape index (κ1) is 23.6. The lowest BCUT2D eigenvalue weighted by Crippen LogP contribution is -2.33. The van der Waals surface area contributed by atoms with E-state index in [0.29, 0.717) is 23.6 Å². The Kier molecular flexibility index (Phi) is 7.05. The number of ether oxygens (including phenoxy) is 2. The van der Waals surface area contributed by atoms with Crippen LogP contribution in [0.3, 0.4) is 0 Å². The molecule has 2 aromatic rings. The van der Waals surface area contributed by atoms with Crippen molar-refractivity contribution in [3.63, 3.8) is 0 Å². The minimum absolute atomic E-state index is 0.0210. The van der Waals surface area contributed by atoms with Crippen molar-refractivity contribution in [2.75, 3.05) is 31.0 Å². The maximum Gasteiger partial charge on any atom is 0.240 e. The quantitative estimate of drug-likeness (QED) is 0.624. The fraction of sp³-hybridized carbons (Fsp3) is 0.364. The van der Waals surface area contributed by atoms with Crippen LogP contribution in [-0.4, -0.2) is 47.0 Å². The topological polar surface area (TPSA) is 114 Å². The molecule has 0 fully saturated rings. The number of methoxy groups -OCH3 is 2. The van der Waals surface area contributed by atoms with Gasteiger partial charge >= 0.3 is 0 Å². The molecule has 1 aliphatic heterocycles. The van der Waals surface area contributed by atoms with E-state index in [4.69, 9.17) is 9.47 Å². The first-order valence-corrected chi connectivity index (χ1v) is 11.6.